The smallest absolute Gasteiger partial charge is 0.324 e. The van der Waals surface area contributed by atoms with Gasteiger partial charge in [-0.2, -0.15) is 0 Å². The van der Waals surface area contributed by atoms with E-state index in [9.17, 15) is 4.57 Å². The van der Waals surface area contributed by atoms with E-state index in [2.05, 4.69) is 6.92 Å². The van der Waals surface area contributed by atoms with E-state index in [1.807, 2.05) is 0 Å². The van der Waals surface area contributed by atoms with Crippen molar-refractivity contribution in [1.82, 2.24) is 0 Å². The van der Waals surface area contributed by atoms with Gasteiger partial charge in [-0.05, 0) is 6.42 Å². The van der Waals surface area contributed by atoms with Crippen LogP contribution in [0, 0.1) is 35.6 Å². The van der Waals surface area contributed by atoms with Gasteiger partial charge in [0, 0.05) is 41.8 Å². The topological polar surface area (TPSA) is 57.5 Å². The van der Waals surface area contributed by atoms with E-state index in [0.29, 0.717) is 6.42 Å². The molecule has 0 fully saturated rings. The molecule has 0 aromatic heterocycles. The van der Waals surface area contributed by atoms with Crippen LogP contribution in [0.5, 0.6) is 0 Å². The Balaban J connectivity index is 0. The predicted octanol–water partition coefficient (Wildman–Crippen LogP) is 2.52. The summed E-state index contributed by atoms with van der Waals surface area (Å²) < 4.78 is 10.4. The minimum atomic E-state index is -3.72. The van der Waals surface area contributed by atoms with Crippen LogP contribution < -0.4 is 0 Å². The first-order valence-electron chi connectivity index (χ1n) is 4.61. The molecule has 13 heavy (non-hydrogen) atoms. The third-order valence-electron chi connectivity index (χ3n) is 1.80. The minimum absolute atomic E-state index is 0. The van der Waals surface area contributed by atoms with Crippen molar-refractivity contribution in [1.29, 1.82) is 0 Å². The average molecular weight is 333 g/mol. The summed E-state index contributed by atoms with van der Waals surface area (Å²) in [7, 11) is -3.72. The van der Waals surface area contributed by atoms with Crippen LogP contribution in [-0.4, -0.2) is 15.9 Å². The number of unbranched alkanes of at least 4 members (excludes halogenated alkanes) is 5. The monoisotopic (exact) mass is 333 g/mol. The molecule has 0 aliphatic carbocycles. The van der Waals surface area contributed by atoms with Crippen molar-refractivity contribution in [2.24, 2.45) is 0 Å². The molecular formula is C8H19LaO3P. The maximum atomic E-state index is 10.4. The normalized spacial score (nSPS) is 11.0. The van der Waals surface area contributed by atoms with E-state index in [1.54, 1.807) is 0 Å². The van der Waals surface area contributed by atoms with Crippen LogP contribution in [-0.2, 0) is 4.57 Å². The zero-order valence-corrected chi connectivity index (χ0v) is 12.8. The zero-order valence-electron chi connectivity index (χ0n) is 8.28. The quantitative estimate of drug-likeness (QED) is 0.556. The third-order valence-corrected chi connectivity index (χ3v) is 2.70. The van der Waals surface area contributed by atoms with Crippen LogP contribution in [0.2, 0.25) is 0 Å². The minimum Gasteiger partial charge on any atom is -0.324 e. The summed E-state index contributed by atoms with van der Waals surface area (Å²) in [5.74, 6) is 0. The van der Waals surface area contributed by atoms with Crippen LogP contribution in [0.1, 0.15) is 45.4 Å². The zero-order chi connectivity index (χ0) is 9.45. The molecular weight excluding hydrogens is 314 g/mol. The van der Waals surface area contributed by atoms with Crippen molar-refractivity contribution in [3.8, 4) is 0 Å². The number of hydrogen-bond donors (Lipinski definition) is 2. The Morgan fingerprint density at radius 1 is 1.00 bits per heavy atom. The summed E-state index contributed by atoms with van der Waals surface area (Å²) in [6.45, 7) is 2.15. The maximum absolute atomic E-state index is 10.4. The molecule has 0 spiro atoms. The third kappa shape index (κ3) is 16.0. The Morgan fingerprint density at radius 2 is 1.46 bits per heavy atom. The SMILES string of the molecule is CCCCCCCCP(=O)(O)O.[La]. The molecule has 0 saturated carbocycles. The van der Waals surface area contributed by atoms with Crippen molar-refractivity contribution < 1.29 is 50.0 Å². The van der Waals surface area contributed by atoms with Crippen molar-refractivity contribution in [2.75, 3.05) is 6.16 Å². The molecule has 3 nitrogen and oxygen atoms in total. The van der Waals surface area contributed by atoms with Crippen LogP contribution >= 0.6 is 7.60 Å². The van der Waals surface area contributed by atoms with Gasteiger partial charge in [0.25, 0.3) is 0 Å². The molecule has 1 radical (unpaired) electrons. The van der Waals surface area contributed by atoms with Crippen molar-refractivity contribution in [3.05, 3.63) is 0 Å². The molecule has 0 rings (SSSR count). The van der Waals surface area contributed by atoms with Crippen LogP contribution in [0.3, 0.4) is 0 Å². The second-order valence-corrected chi connectivity index (χ2v) is 4.93. The molecule has 0 aromatic carbocycles. The van der Waals surface area contributed by atoms with E-state index in [4.69, 9.17) is 9.79 Å². The first-order valence-corrected chi connectivity index (χ1v) is 6.40. The second-order valence-electron chi connectivity index (χ2n) is 3.16. The van der Waals surface area contributed by atoms with E-state index >= 15 is 0 Å². The fraction of sp³-hybridized carbons (Fsp3) is 1.00. The van der Waals surface area contributed by atoms with Crippen LogP contribution in [0.25, 0.3) is 0 Å². The number of hydrogen-bond acceptors (Lipinski definition) is 1. The molecule has 0 atom stereocenters. The van der Waals surface area contributed by atoms with Gasteiger partial charge in [-0.3, -0.25) is 4.57 Å². The molecule has 0 aliphatic heterocycles. The van der Waals surface area contributed by atoms with Gasteiger partial charge in [0.15, 0.2) is 0 Å². The van der Waals surface area contributed by atoms with E-state index < -0.39 is 7.60 Å². The second kappa shape index (κ2) is 9.88. The van der Waals surface area contributed by atoms with Gasteiger partial charge in [-0.1, -0.05) is 39.0 Å². The standard InChI is InChI=1S/C8H19O3P.La/c1-2-3-4-5-6-7-8-12(9,10)11;/h2-8H2,1H3,(H2,9,10,11);. The summed E-state index contributed by atoms with van der Waals surface area (Å²) in [6, 6.07) is 0. The molecule has 2 N–H and O–H groups in total. The summed E-state index contributed by atoms with van der Waals surface area (Å²) >= 11 is 0. The van der Waals surface area contributed by atoms with Crippen LogP contribution in [0.4, 0.5) is 0 Å². The molecule has 5 heteroatoms. The van der Waals surface area contributed by atoms with Crippen molar-refractivity contribution >= 4 is 7.60 Å². The molecule has 0 bridgehead atoms. The first-order chi connectivity index (χ1) is 5.56. The Bertz CT molecular complexity index is 146. The van der Waals surface area contributed by atoms with E-state index in [0.717, 1.165) is 12.8 Å². The van der Waals surface area contributed by atoms with Gasteiger partial charge < -0.3 is 9.79 Å². The van der Waals surface area contributed by atoms with Gasteiger partial charge in [0.05, 0.1) is 0 Å². The molecule has 0 aliphatic rings. The Kier molecular flexibility index (Phi) is 12.7. The molecule has 0 unspecified atom stereocenters. The molecule has 0 saturated heterocycles. The molecule has 0 aromatic rings. The van der Waals surface area contributed by atoms with Gasteiger partial charge in [-0.25, -0.2) is 0 Å². The summed E-state index contributed by atoms with van der Waals surface area (Å²) in [6.07, 6.45) is 6.40. The van der Waals surface area contributed by atoms with Crippen molar-refractivity contribution in [3.63, 3.8) is 0 Å². The Morgan fingerprint density at radius 3 is 1.92 bits per heavy atom. The maximum Gasteiger partial charge on any atom is 0.325 e. The Labute approximate surface area is 108 Å². The first kappa shape index (κ1) is 16.8. The van der Waals surface area contributed by atoms with Gasteiger partial charge in [-0.15, -0.1) is 0 Å². The Hall–Kier alpha value is 1.34. The fourth-order valence-corrected chi connectivity index (χ4v) is 1.73. The fourth-order valence-electron chi connectivity index (χ4n) is 1.10. The van der Waals surface area contributed by atoms with E-state index in [1.165, 1.54) is 19.3 Å². The average Bonchev–Trinajstić information content (AvgIpc) is 1.94. The van der Waals surface area contributed by atoms with Crippen LogP contribution in [0.15, 0.2) is 0 Å². The van der Waals surface area contributed by atoms with Crippen molar-refractivity contribution in [2.45, 2.75) is 45.4 Å². The molecule has 77 valence electrons. The molecule has 0 amide bonds. The van der Waals surface area contributed by atoms with Gasteiger partial charge in [0.1, 0.15) is 0 Å². The molecule has 0 heterocycles. The van der Waals surface area contributed by atoms with Gasteiger partial charge >= 0.3 is 7.60 Å². The summed E-state index contributed by atoms with van der Waals surface area (Å²) in [5, 5.41) is 0. The predicted molar refractivity (Wildman–Crippen MR) is 50.3 cm³/mol. The summed E-state index contributed by atoms with van der Waals surface area (Å²) in [5.41, 5.74) is 0. The number of rotatable bonds is 7. The summed E-state index contributed by atoms with van der Waals surface area (Å²) in [4.78, 5) is 17.1. The largest absolute Gasteiger partial charge is 0.325 e. The van der Waals surface area contributed by atoms with Gasteiger partial charge in [0.2, 0.25) is 0 Å². The van der Waals surface area contributed by atoms with E-state index in [-0.39, 0.29) is 41.8 Å².